The number of hydrogen-bond donors (Lipinski definition) is 2. The summed E-state index contributed by atoms with van der Waals surface area (Å²) < 4.78 is 1.92. The van der Waals surface area contributed by atoms with Gasteiger partial charge in [0.15, 0.2) is 5.82 Å². The van der Waals surface area contributed by atoms with E-state index in [0.717, 1.165) is 38.2 Å². The van der Waals surface area contributed by atoms with Crippen LogP contribution in [0.1, 0.15) is 29.8 Å². The highest BCUT2D eigenvalue weighted by Gasteiger charge is 2.22. The molecule has 0 radical (unpaired) electrons. The van der Waals surface area contributed by atoms with E-state index in [2.05, 4.69) is 32.2 Å². The van der Waals surface area contributed by atoms with Gasteiger partial charge in [0.25, 0.3) is 5.56 Å². The molecule has 3 heterocycles. The number of nitrogens with zero attached hydrogens (tertiary/aromatic N) is 4. The topological polar surface area (TPSA) is 78.8 Å². The normalized spacial score (nSPS) is 18.4. The Bertz CT molecular complexity index is 734. The predicted molar refractivity (Wildman–Crippen MR) is 89.6 cm³/mol. The van der Waals surface area contributed by atoms with Gasteiger partial charge in [0.2, 0.25) is 0 Å². The Labute approximate surface area is 135 Å². The van der Waals surface area contributed by atoms with Crippen LogP contribution >= 0.6 is 0 Å². The van der Waals surface area contributed by atoms with Crippen LogP contribution in [0.3, 0.4) is 0 Å². The van der Waals surface area contributed by atoms with Crippen LogP contribution < -0.4 is 15.8 Å². The van der Waals surface area contributed by atoms with Gasteiger partial charge in [0.1, 0.15) is 0 Å². The highest BCUT2D eigenvalue weighted by molar-refractivity contribution is 5.36. The molecule has 7 heteroatoms. The first-order valence-corrected chi connectivity index (χ1v) is 8.07. The second-order valence-electron chi connectivity index (χ2n) is 6.18. The molecule has 0 amide bonds. The number of piperidine rings is 1. The van der Waals surface area contributed by atoms with Crippen molar-refractivity contribution in [3.05, 3.63) is 39.7 Å². The maximum absolute atomic E-state index is 11.9. The molecule has 0 saturated carbocycles. The van der Waals surface area contributed by atoms with Crippen molar-refractivity contribution in [1.29, 1.82) is 0 Å². The van der Waals surface area contributed by atoms with Crippen LogP contribution in [0.4, 0.5) is 5.82 Å². The molecule has 3 rings (SSSR count). The minimum absolute atomic E-state index is 0.118. The van der Waals surface area contributed by atoms with Gasteiger partial charge in [-0.3, -0.25) is 9.48 Å². The maximum Gasteiger partial charge on any atom is 0.290 e. The van der Waals surface area contributed by atoms with E-state index in [1.165, 1.54) is 11.3 Å². The third kappa shape index (κ3) is 3.29. The Balaban J connectivity index is 1.65. The lowest BCUT2D eigenvalue weighted by molar-refractivity contribution is 0.418. The quantitative estimate of drug-likeness (QED) is 0.875. The fraction of sp³-hybridized carbons (Fsp3) is 0.562. The highest BCUT2D eigenvalue weighted by Crippen LogP contribution is 2.16. The molecule has 2 aromatic rings. The van der Waals surface area contributed by atoms with E-state index in [4.69, 9.17) is 0 Å². The summed E-state index contributed by atoms with van der Waals surface area (Å²) in [5, 5.41) is 8.08. The molecule has 1 aliphatic heterocycles. The van der Waals surface area contributed by atoms with Crippen LogP contribution in [0.5, 0.6) is 0 Å². The molecule has 0 unspecified atom stereocenters. The largest absolute Gasteiger partial charge is 0.350 e. The van der Waals surface area contributed by atoms with Crippen LogP contribution in [-0.4, -0.2) is 38.9 Å². The summed E-state index contributed by atoms with van der Waals surface area (Å²) in [6.07, 6.45) is 5.37. The summed E-state index contributed by atoms with van der Waals surface area (Å²) in [7, 11) is 1.97. The smallest absolute Gasteiger partial charge is 0.290 e. The van der Waals surface area contributed by atoms with E-state index in [-0.39, 0.29) is 5.56 Å². The molecular formula is C16H24N6O. The van der Waals surface area contributed by atoms with Crippen LogP contribution in [0.25, 0.3) is 0 Å². The lowest BCUT2D eigenvalue weighted by Crippen LogP contribution is -2.47. The van der Waals surface area contributed by atoms with Gasteiger partial charge >= 0.3 is 0 Å². The number of aryl methyl sites for hydroxylation is 2. The van der Waals surface area contributed by atoms with E-state index in [0.29, 0.717) is 11.9 Å². The number of hydrogen-bond acceptors (Lipinski definition) is 5. The summed E-state index contributed by atoms with van der Waals surface area (Å²) in [4.78, 5) is 20.9. The van der Waals surface area contributed by atoms with Crippen LogP contribution in [-0.2, 0) is 13.6 Å². The molecular weight excluding hydrogens is 292 g/mol. The Hall–Kier alpha value is -2.15. The van der Waals surface area contributed by atoms with Gasteiger partial charge in [0, 0.05) is 56.4 Å². The first-order chi connectivity index (χ1) is 11.1. The number of nitrogens with one attached hydrogen (secondary N) is 2. The van der Waals surface area contributed by atoms with Gasteiger partial charge in [-0.05, 0) is 26.7 Å². The number of H-pyrrole nitrogens is 1. The van der Waals surface area contributed by atoms with Gasteiger partial charge < -0.3 is 15.2 Å². The summed E-state index contributed by atoms with van der Waals surface area (Å²) >= 11 is 0. The molecule has 2 N–H and O–H groups in total. The van der Waals surface area contributed by atoms with Gasteiger partial charge in [-0.15, -0.1) is 0 Å². The molecule has 0 aliphatic carbocycles. The molecule has 1 saturated heterocycles. The molecule has 7 nitrogen and oxygen atoms in total. The van der Waals surface area contributed by atoms with E-state index in [1.54, 1.807) is 12.4 Å². The Morgan fingerprint density at radius 1 is 1.43 bits per heavy atom. The van der Waals surface area contributed by atoms with Gasteiger partial charge in [-0.2, -0.15) is 5.10 Å². The SMILES string of the molecule is Cc1nn(C)c(C)c1CN[C@H]1CCCN(c2ncc[nH]c2=O)C1. The van der Waals surface area contributed by atoms with Crippen LogP contribution in [0, 0.1) is 13.8 Å². The van der Waals surface area contributed by atoms with Gasteiger partial charge in [-0.1, -0.05) is 0 Å². The van der Waals surface area contributed by atoms with Crippen molar-refractivity contribution in [2.24, 2.45) is 7.05 Å². The average Bonchev–Trinajstić information content (AvgIpc) is 2.79. The molecule has 0 bridgehead atoms. The fourth-order valence-electron chi connectivity index (χ4n) is 3.23. The van der Waals surface area contributed by atoms with Crippen LogP contribution in [0.15, 0.2) is 17.2 Å². The minimum Gasteiger partial charge on any atom is -0.350 e. The van der Waals surface area contributed by atoms with Crippen LogP contribution in [0.2, 0.25) is 0 Å². The first-order valence-electron chi connectivity index (χ1n) is 8.07. The van der Waals surface area contributed by atoms with Crippen molar-refractivity contribution in [2.45, 2.75) is 39.3 Å². The zero-order valence-corrected chi connectivity index (χ0v) is 14.0. The zero-order chi connectivity index (χ0) is 16.4. The van der Waals surface area contributed by atoms with Gasteiger partial charge in [0.05, 0.1) is 5.69 Å². The lowest BCUT2D eigenvalue weighted by Gasteiger charge is -2.33. The van der Waals surface area contributed by atoms with Crippen molar-refractivity contribution in [3.63, 3.8) is 0 Å². The molecule has 1 atom stereocenters. The molecule has 1 aliphatic rings. The first kappa shape index (κ1) is 15.7. The maximum atomic E-state index is 11.9. The minimum atomic E-state index is -0.118. The monoisotopic (exact) mass is 316 g/mol. The number of aromatic nitrogens is 4. The predicted octanol–water partition coefficient (Wildman–Crippen LogP) is 0.879. The third-order valence-corrected chi connectivity index (χ3v) is 4.64. The summed E-state index contributed by atoms with van der Waals surface area (Å²) in [5.74, 6) is 0.521. The number of rotatable bonds is 4. The summed E-state index contributed by atoms with van der Waals surface area (Å²) in [6.45, 7) is 6.63. The zero-order valence-electron chi connectivity index (χ0n) is 14.0. The summed E-state index contributed by atoms with van der Waals surface area (Å²) in [5.41, 5.74) is 3.42. The van der Waals surface area contributed by atoms with E-state index >= 15 is 0 Å². The molecule has 2 aromatic heterocycles. The third-order valence-electron chi connectivity index (χ3n) is 4.64. The second kappa shape index (κ2) is 6.54. The van der Waals surface area contributed by atoms with E-state index < -0.39 is 0 Å². The second-order valence-corrected chi connectivity index (χ2v) is 6.18. The summed E-state index contributed by atoms with van der Waals surface area (Å²) in [6, 6.07) is 0.351. The Kier molecular flexibility index (Phi) is 4.47. The molecule has 0 aromatic carbocycles. The van der Waals surface area contributed by atoms with Crippen molar-refractivity contribution >= 4 is 5.82 Å². The molecule has 0 spiro atoms. The standard InChI is InChI=1S/C16H24N6O/c1-11-14(12(2)21(3)20-11)9-19-13-5-4-8-22(10-13)15-16(23)18-7-6-17-15/h6-7,13,19H,4-5,8-10H2,1-3H3,(H,18,23)/t13-/m0/s1. The molecule has 1 fully saturated rings. The van der Waals surface area contributed by atoms with Gasteiger partial charge in [-0.25, -0.2) is 4.98 Å². The molecule has 124 valence electrons. The van der Waals surface area contributed by atoms with Crippen molar-refractivity contribution in [2.75, 3.05) is 18.0 Å². The number of anilines is 1. The average molecular weight is 316 g/mol. The van der Waals surface area contributed by atoms with Crippen molar-refractivity contribution < 1.29 is 0 Å². The van der Waals surface area contributed by atoms with E-state index in [9.17, 15) is 4.79 Å². The molecule has 23 heavy (non-hydrogen) atoms. The number of aromatic amines is 1. The fourth-order valence-corrected chi connectivity index (χ4v) is 3.23. The Morgan fingerprint density at radius 3 is 2.96 bits per heavy atom. The van der Waals surface area contributed by atoms with E-state index in [1.807, 2.05) is 18.7 Å². The lowest BCUT2D eigenvalue weighted by atomic mass is 10.0. The Morgan fingerprint density at radius 2 is 2.26 bits per heavy atom. The highest BCUT2D eigenvalue weighted by atomic mass is 16.1. The van der Waals surface area contributed by atoms with Crippen molar-refractivity contribution in [1.82, 2.24) is 25.1 Å². The van der Waals surface area contributed by atoms with Crippen molar-refractivity contribution in [3.8, 4) is 0 Å².